The highest BCUT2D eigenvalue weighted by atomic mass is 16.3. The number of nitrogens with zero attached hydrogens (tertiary/aromatic N) is 2. The van der Waals surface area contributed by atoms with Crippen LogP contribution in [0.4, 0.5) is 0 Å². The van der Waals surface area contributed by atoms with Crippen LogP contribution < -0.4 is 0 Å². The summed E-state index contributed by atoms with van der Waals surface area (Å²) in [6, 6.07) is 37.2. The number of hydrogen-bond donors (Lipinski definition) is 0. The summed E-state index contributed by atoms with van der Waals surface area (Å²) in [4.78, 5) is 9.29. The van der Waals surface area contributed by atoms with Crippen molar-refractivity contribution in [3.63, 3.8) is 0 Å². The van der Waals surface area contributed by atoms with E-state index in [0.717, 1.165) is 72.0 Å². The third-order valence-corrected chi connectivity index (χ3v) is 7.22. The lowest BCUT2D eigenvalue weighted by molar-refractivity contribution is 0.668. The van der Waals surface area contributed by atoms with Gasteiger partial charge in [-0.05, 0) is 58.7 Å². The van der Waals surface area contributed by atoms with Crippen LogP contribution in [0, 0.1) is 0 Å². The van der Waals surface area contributed by atoms with Crippen molar-refractivity contribution in [2.24, 2.45) is 0 Å². The molecule has 0 atom stereocenters. The number of furan rings is 2. The van der Waals surface area contributed by atoms with Gasteiger partial charge in [-0.1, -0.05) is 72.8 Å². The second-order valence-corrected chi connectivity index (χ2v) is 9.43. The molecule has 0 N–H and O–H groups in total. The Balaban J connectivity index is 1.23. The highest BCUT2D eigenvalue weighted by Gasteiger charge is 2.16. The predicted octanol–water partition coefficient (Wildman–Crippen LogP) is 9.28. The molecule has 0 amide bonds. The van der Waals surface area contributed by atoms with Gasteiger partial charge in [-0.3, -0.25) is 9.97 Å². The molecule has 4 heteroatoms. The quantitative estimate of drug-likeness (QED) is 0.249. The molecular formula is C34H20N2O2. The van der Waals surface area contributed by atoms with Crippen LogP contribution in [0.15, 0.2) is 130 Å². The minimum atomic E-state index is 0.795. The van der Waals surface area contributed by atoms with E-state index in [1.165, 1.54) is 5.56 Å². The van der Waals surface area contributed by atoms with E-state index in [-0.39, 0.29) is 0 Å². The molecule has 0 aliphatic rings. The predicted molar refractivity (Wildman–Crippen MR) is 153 cm³/mol. The van der Waals surface area contributed by atoms with Gasteiger partial charge in [0.15, 0.2) is 11.2 Å². The molecule has 0 aliphatic carbocycles. The fourth-order valence-electron chi connectivity index (χ4n) is 5.36. The Morgan fingerprint density at radius 1 is 0.421 bits per heavy atom. The highest BCUT2D eigenvalue weighted by Crippen LogP contribution is 2.38. The Morgan fingerprint density at radius 2 is 0.974 bits per heavy atom. The van der Waals surface area contributed by atoms with Gasteiger partial charge >= 0.3 is 0 Å². The van der Waals surface area contributed by atoms with Gasteiger partial charge in [-0.25, -0.2) is 0 Å². The summed E-state index contributed by atoms with van der Waals surface area (Å²) in [6.45, 7) is 0. The maximum Gasteiger partial charge on any atom is 0.161 e. The summed E-state index contributed by atoms with van der Waals surface area (Å²) >= 11 is 0. The Labute approximate surface area is 217 Å². The molecule has 4 aromatic carbocycles. The van der Waals surface area contributed by atoms with Crippen LogP contribution in [0.25, 0.3) is 77.5 Å². The third-order valence-electron chi connectivity index (χ3n) is 7.22. The van der Waals surface area contributed by atoms with E-state index in [1.54, 1.807) is 0 Å². The number of rotatable bonds is 3. The summed E-state index contributed by atoms with van der Waals surface area (Å²) in [6.07, 6.45) is 3.70. The number of fused-ring (bicyclic) bond motifs is 6. The smallest absolute Gasteiger partial charge is 0.161 e. The molecule has 0 aliphatic heterocycles. The lowest BCUT2D eigenvalue weighted by atomic mass is 9.99. The van der Waals surface area contributed by atoms with Crippen LogP contribution in [0.1, 0.15) is 0 Å². The molecule has 4 heterocycles. The zero-order chi connectivity index (χ0) is 25.1. The number of pyridine rings is 2. The summed E-state index contributed by atoms with van der Waals surface area (Å²) in [7, 11) is 0. The van der Waals surface area contributed by atoms with E-state index in [2.05, 4.69) is 65.6 Å². The topological polar surface area (TPSA) is 52.1 Å². The van der Waals surface area contributed by atoms with Crippen molar-refractivity contribution >= 4 is 44.1 Å². The number of aromatic nitrogens is 2. The van der Waals surface area contributed by atoms with Gasteiger partial charge in [-0.15, -0.1) is 0 Å². The molecule has 0 radical (unpaired) electrons. The molecule has 0 fully saturated rings. The first-order chi connectivity index (χ1) is 18.8. The molecule has 0 unspecified atom stereocenters. The fourth-order valence-corrected chi connectivity index (χ4v) is 5.36. The van der Waals surface area contributed by atoms with Crippen molar-refractivity contribution in [3.8, 4) is 33.4 Å². The van der Waals surface area contributed by atoms with Crippen molar-refractivity contribution in [1.29, 1.82) is 0 Å². The Kier molecular flexibility index (Phi) is 4.49. The van der Waals surface area contributed by atoms with E-state index < -0.39 is 0 Å². The van der Waals surface area contributed by atoms with Gasteiger partial charge in [0.25, 0.3) is 0 Å². The lowest BCUT2D eigenvalue weighted by Crippen LogP contribution is -1.84. The largest absolute Gasteiger partial charge is 0.454 e. The van der Waals surface area contributed by atoms with Crippen molar-refractivity contribution in [1.82, 2.24) is 9.97 Å². The zero-order valence-electron chi connectivity index (χ0n) is 20.3. The zero-order valence-corrected chi connectivity index (χ0v) is 20.3. The average molecular weight is 489 g/mol. The molecule has 8 aromatic rings. The molecule has 0 bridgehead atoms. The molecule has 4 aromatic heterocycles. The Morgan fingerprint density at radius 3 is 1.66 bits per heavy atom. The summed E-state index contributed by atoms with van der Waals surface area (Å²) in [5.41, 5.74) is 11.5. The minimum Gasteiger partial charge on any atom is -0.454 e. The molecule has 8 rings (SSSR count). The van der Waals surface area contributed by atoms with Crippen LogP contribution in [0.3, 0.4) is 0 Å². The molecular weight excluding hydrogens is 468 g/mol. The van der Waals surface area contributed by atoms with Gasteiger partial charge in [0, 0.05) is 34.3 Å². The molecule has 0 saturated heterocycles. The van der Waals surface area contributed by atoms with Crippen LogP contribution in [-0.2, 0) is 0 Å². The van der Waals surface area contributed by atoms with Crippen LogP contribution in [0.2, 0.25) is 0 Å². The SMILES string of the molecule is c1ccc(-c2ccc3oc4c(-c5ccc(-c6ccnc7c6oc6ccccc67)cc5)ccnc4c3c2)cc1. The normalized spacial score (nSPS) is 11.7. The van der Waals surface area contributed by atoms with E-state index >= 15 is 0 Å². The van der Waals surface area contributed by atoms with Crippen LogP contribution >= 0.6 is 0 Å². The molecule has 38 heavy (non-hydrogen) atoms. The molecule has 0 saturated carbocycles. The standard InChI is InChI=1S/C34H20N2O2/c1-2-6-21(7-3-1)24-14-15-30-28(20-24)32-34(38-30)26(17-19-36-32)23-12-10-22(11-13-23)25-16-18-35-31-27-8-4-5-9-29(27)37-33(25)31/h1-20H. The van der Waals surface area contributed by atoms with Crippen molar-refractivity contribution in [3.05, 3.63) is 122 Å². The fraction of sp³-hybridized carbons (Fsp3) is 0. The Hall–Kier alpha value is -5.22. The maximum absolute atomic E-state index is 6.35. The van der Waals surface area contributed by atoms with E-state index in [9.17, 15) is 0 Å². The first-order valence-corrected chi connectivity index (χ1v) is 12.6. The van der Waals surface area contributed by atoms with Crippen LogP contribution in [-0.4, -0.2) is 9.97 Å². The summed E-state index contributed by atoms with van der Waals surface area (Å²) in [5, 5.41) is 2.05. The van der Waals surface area contributed by atoms with Gasteiger partial charge < -0.3 is 8.83 Å². The van der Waals surface area contributed by atoms with Crippen LogP contribution in [0.5, 0.6) is 0 Å². The highest BCUT2D eigenvalue weighted by molar-refractivity contribution is 6.09. The first-order valence-electron chi connectivity index (χ1n) is 12.6. The second-order valence-electron chi connectivity index (χ2n) is 9.43. The third kappa shape index (κ3) is 3.17. The van der Waals surface area contributed by atoms with Gasteiger partial charge in [0.1, 0.15) is 22.2 Å². The minimum absolute atomic E-state index is 0.795. The number of para-hydroxylation sites is 1. The van der Waals surface area contributed by atoms with E-state index in [4.69, 9.17) is 13.8 Å². The lowest BCUT2D eigenvalue weighted by Gasteiger charge is -2.06. The molecule has 0 spiro atoms. The molecule has 178 valence electrons. The molecule has 4 nitrogen and oxygen atoms in total. The Bertz CT molecular complexity index is 2120. The van der Waals surface area contributed by atoms with Gasteiger partial charge in [-0.2, -0.15) is 0 Å². The average Bonchev–Trinajstić information content (AvgIpc) is 3.56. The van der Waals surface area contributed by atoms with Crippen molar-refractivity contribution < 1.29 is 8.83 Å². The number of hydrogen-bond acceptors (Lipinski definition) is 4. The van der Waals surface area contributed by atoms with E-state index in [1.807, 2.05) is 60.9 Å². The van der Waals surface area contributed by atoms with E-state index in [0.29, 0.717) is 0 Å². The van der Waals surface area contributed by atoms with Crippen molar-refractivity contribution in [2.75, 3.05) is 0 Å². The monoisotopic (exact) mass is 488 g/mol. The summed E-state index contributed by atoms with van der Waals surface area (Å²) in [5.74, 6) is 0. The first kappa shape index (κ1) is 20.9. The number of benzene rings is 4. The maximum atomic E-state index is 6.35. The van der Waals surface area contributed by atoms with Crippen molar-refractivity contribution in [2.45, 2.75) is 0 Å². The summed E-state index contributed by atoms with van der Waals surface area (Å²) < 4.78 is 12.5. The van der Waals surface area contributed by atoms with Gasteiger partial charge in [0.2, 0.25) is 0 Å². The second kappa shape index (κ2) is 8.15. The van der Waals surface area contributed by atoms with Gasteiger partial charge in [0.05, 0.1) is 0 Å².